The number of carbonyl (C=O) groups excluding carboxylic acids is 2. The summed E-state index contributed by atoms with van der Waals surface area (Å²) in [6, 6.07) is 16.7. The summed E-state index contributed by atoms with van der Waals surface area (Å²) in [6.07, 6.45) is 4.47. The Labute approximate surface area is 189 Å². The number of amides is 1. The molecule has 0 aliphatic carbocycles. The predicted octanol–water partition coefficient (Wildman–Crippen LogP) is 4.47. The van der Waals surface area contributed by atoms with Crippen molar-refractivity contribution in [2.75, 3.05) is 23.3 Å². The van der Waals surface area contributed by atoms with Gasteiger partial charge in [-0.15, -0.1) is 0 Å². The van der Waals surface area contributed by atoms with Crippen LogP contribution in [0.25, 0.3) is 16.8 Å². The highest BCUT2D eigenvalue weighted by Crippen LogP contribution is 2.29. The van der Waals surface area contributed by atoms with Crippen LogP contribution in [0.4, 0.5) is 11.4 Å². The number of benzene rings is 2. The van der Waals surface area contributed by atoms with E-state index in [-0.39, 0.29) is 17.4 Å². The SMILES string of the molecule is O=C1CCN(c2ccccc2NC(=O)c2ccn3ncc(-c4cccc(Cl)c4)c3n2)CC1. The molecule has 2 aromatic heterocycles. The fourth-order valence-corrected chi connectivity index (χ4v) is 4.08. The number of halogens is 1. The van der Waals surface area contributed by atoms with Crippen LogP contribution in [0.1, 0.15) is 23.3 Å². The van der Waals surface area contributed by atoms with Crippen LogP contribution in [0.5, 0.6) is 0 Å². The molecular weight excluding hydrogens is 426 g/mol. The van der Waals surface area contributed by atoms with E-state index in [1.165, 1.54) is 0 Å². The zero-order valence-electron chi connectivity index (χ0n) is 17.2. The number of nitrogens with zero attached hydrogens (tertiary/aromatic N) is 4. The molecule has 1 aliphatic rings. The van der Waals surface area contributed by atoms with Gasteiger partial charge >= 0.3 is 0 Å². The van der Waals surface area contributed by atoms with Crippen molar-refractivity contribution in [2.45, 2.75) is 12.8 Å². The van der Waals surface area contributed by atoms with Gasteiger partial charge in [-0.25, -0.2) is 9.50 Å². The lowest BCUT2D eigenvalue weighted by molar-refractivity contribution is -0.119. The molecule has 0 bridgehead atoms. The van der Waals surface area contributed by atoms with Gasteiger partial charge in [-0.1, -0.05) is 35.9 Å². The topological polar surface area (TPSA) is 79.6 Å². The second-order valence-corrected chi connectivity index (χ2v) is 8.08. The summed E-state index contributed by atoms with van der Waals surface area (Å²) < 4.78 is 1.63. The van der Waals surface area contributed by atoms with Crippen LogP contribution in [0.2, 0.25) is 5.02 Å². The molecule has 0 saturated carbocycles. The summed E-state index contributed by atoms with van der Waals surface area (Å²) in [5, 5.41) is 7.93. The molecule has 0 unspecified atom stereocenters. The molecule has 0 atom stereocenters. The first-order valence-corrected chi connectivity index (χ1v) is 10.7. The van der Waals surface area contributed by atoms with Crippen LogP contribution >= 0.6 is 11.6 Å². The van der Waals surface area contributed by atoms with Gasteiger partial charge in [-0.3, -0.25) is 9.59 Å². The second-order valence-electron chi connectivity index (χ2n) is 7.65. The number of para-hydroxylation sites is 2. The van der Waals surface area contributed by atoms with E-state index in [0.29, 0.717) is 42.3 Å². The van der Waals surface area contributed by atoms with Crippen LogP contribution in [-0.4, -0.2) is 39.4 Å². The van der Waals surface area contributed by atoms with Crippen molar-refractivity contribution in [3.63, 3.8) is 0 Å². The summed E-state index contributed by atoms with van der Waals surface area (Å²) >= 11 is 6.14. The number of aromatic nitrogens is 3. The predicted molar refractivity (Wildman–Crippen MR) is 124 cm³/mol. The molecule has 1 fully saturated rings. The Bertz CT molecular complexity index is 1320. The number of piperidine rings is 1. The number of hydrogen-bond acceptors (Lipinski definition) is 5. The highest BCUT2D eigenvalue weighted by Gasteiger charge is 2.20. The summed E-state index contributed by atoms with van der Waals surface area (Å²) in [6.45, 7) is 1.30. The molecule has 7 nitrogen and oxygen atoms in total. The standard InChI is InChI=1S/C24H20ClN5O2/c25-17-5-3-4-16(14-17)19-15-26-30-13-10-21(27-23(19)30)24(32)28-20-6-1-2-7-22(20)29-11-8-18(31)9-12-29/h1-7,10,13-15H,8-9,11-12H2,(H,28,32). The lowest BCUT2D eigenvalue weighted by Gasteiger charge is -2.29. The van der Waals surface area contributed by atoms with Crippen molar-refractivity contribution < 1.29 is 9.59 Å². The third kappa shape index (κ3) is 3.94. The summed E-state index contributed by atoms with van der Waals surface area (Å²) in [5.74, 6) is -0.0390. The number of carbonyl (C=O) groups is 2. The van der Waals surface area contributed by atoms with Crippen LogP contribution in [-0.2, 0) is 4.79 Å². The average molecular weight is 446 g/mol. The van der Waals surface area contributed by atoms with Gasteiger partial charge in [0.2, 0.25) is 0 Å². The molecule has 3 heterocycles. The molecule has 32 heavy (non-hydrogen) atoms. The smallest absolute Gasteiger partial charge is 0.274 e. The minimum absolute atomic E-state index is 0.275. The number of fused-ring (bicyclic) bond motifs is 1. The molecule has 0 spiro atoms. The Hall–Kier alpha value is -3.71. The minimum atomic E-state index is -0.314. The highest BCUT2D eigenvalue weighted by atomic mass is 35.5. The molecular formula is C24H20ClN5O2. The molecule has 1 amide bonds. The monoisotopic (exact) mass is 445 g/mol. The first-order chi connectivity index (χ1) is 15.6. The summed E-state index contributed by atoms with van der Waals surface area (Å²) in [7, 11) is 0. The molecule has 1 N–H and O–H groups in total. The normalized spacial score (nSPS) is 14.0. The average Bonchev–Trinajstić information content (AvgIpc) is 3.23. The third-order valence-corrected chi connectivity index (χ3v) is 5.79. The van der Waals surface area contributed by atoms with E-state index in [9.17, 15) is 9.59 Å². The maximum atomic E-state index is 13.1. The van der Waals surface area contributed by atoms with Crippen molar-refractivity contribution in [2.24, 2.45) is 0 Å². The Morgan fingerprint density at radius 1 is 1.03 bits per heavy atom. The van der Waals surface area contributed by atoms with E-state index in [1.54, 1.807) is 29.0 Å². The Kier molecular flexibility index (Phi) is 5.33. The van der Waals surface area contributed by atoms with Gasteiger partial charge in [0.25, 0.3) is 5.91 Å². The number of ketones is 1. The van der Waals surface area contributed by atoms with Gasteiger partial charge in [0.05, 0.1) is 17.6 Å². The quantitative estimate of drug-likeness (QED) is 0.501. The van der Waals surface area contributed by atoms with Crippen molar-refractivity contribution in [3.8, 4) is 11.1 Å². The number of Topliss-reactive ketones (excluding diaryl/α,β-unsaturated/α-hetero) is 1. The zero-order chi connectivity index (χ0) is 22.1. The van der Waals surface area contributed by atoms with Crippen LogP contribution < -0.4 is 10.2 Å². The summed E-state index contributed by atoms with van der Waals surface area (Å²) in [5.41, 5.74) is 4.12. The van der Waals surface area contributed by atoms with Crippen LogP contribution in [0.15, 0.2) is 67.0 Å². The minimum Gasteiger partial charge on any atom is -0.369 e. The van der Waals surface area contributed by atoms with Gasteiger partial charge in [-0.05, 0) is 35.9 Å². The number of rotatable bonds is 4. The van der Waals surface area contributed by atoms with Crippen molar-refractivity contribution >= 4 is 40.3 Å². The fourth-order valence-electron chi connectivity index (χ4n) is 3.89. The lowest BCUT2D eigenvalue weighted by Crippen LogP contribution is -2.34. The molecule has 5 rings (SSSR count). The van der Waals surface area contributed by atoms with Crippen LogP contribution in [0.3, 0.4) is 0 Å². The largest absolute Gasteiger partial charge is 0.369 e. The molecule has 4 aromatic rings. The third-order valence-electron chi connectivity index (χ3n) is 5.55. The van der Waals surface area contributed by atoms with E-state index < -0.39 is 0 Å². The molecule has 8 heteroatoms. The molecule has 2 aromatic carbocycles. The Morgan fingerprint density at radius 3 is 2.66 bits per heavy atom. The van der Waals surface area contributed by atoms with Crippen LogP contribution in [0, 0.1) is 0 Å². The van der Waals surface area contributed by atoms with Gasteiger partial charge in [0, 0.05) is 42.7 Å². The van der Waals surface area contributed by atoms with Gasteiger partial charge < -0.3 is 10.2 Å². The van der Waals surface area contributed by atoms with E-state index in [4.69, 9.17) is 11.6 Å². The summed E-state index contributed by atoms with van der Waals surface area (Å²) in [4.78, 5) is 31.4. The van der Waals surface area contributed by atoms with Crippen molar-refractivity contribution in [1.29, 1.82) is 0 Å². The molecule has 160 valence electrons. The Morgan fingerprint density at radius 2 is 1.84 bits per heavy atom. The van der Waals surface area contributed by atoms with E-state index in [2.05, 4.69) is 20.3 Å². The van der Waals surface area contributed by atoms with Crippen molar-refractivity contribution in [3.05, 3.63) is 77.7 Å². The maximum absolute atomic E-state index is 13.1. The number of nitrogens with one attached hydrogen (secondary N) is 1. The zero-order valence-corrected chi connectivity index (χ0v) is 17.9. The Balaban J connectivity index is 1.44. The molecule has 1 saturated heterocycles. The number of hydrogen-bond donors (Lipinski definition) is 1. The first kappa shape index (κ1) is 20.2. The lowest BCUT2D eigenvalue weighted by atomic mass is 10.1. The maximum Gasteiger partial charge on any atom is 0.274 e. The van der Waals surface area contributed by atoms with E-state index in [0.717, 1.165) is 16.8 Å². The fraction of sp³-hybridized carbons (Fsp3) is 0.167. The van der Waals surface area contributed by atoms with Gasteiger partial charge in [-0.2, -0.15) is 5.10 Å². The van der Waals surface area contributed by atoms with Gasteiger partial charge in [0.1, 0.15) is 11.5 Å². The molecule has 1 aliphatic heterocycles. The first-order valence-electron chi connectivity index (χ1n) is 10.4. The number of anilines is 2. The van der Waals surface area contributed by atoms with E-state index in [1.807, 2.05) is 42.5 Å². The van der Waals surface area contributed by atoms with Crippen molar-refractivity contribution in [1.82, 2.24) is 14.6 Å². The highest BCUT2D eigenvalue weighted by molar-refractivity contribution is 6.30. The van der Waals surface area contributed by atoms with Gasteiger partial charge in [0.15, 0.2) is 5.65 Å². The second kappa shape index (κ2) is 8.43. The molecule has 0 radical (unpaired) electrons. The van der Waals surface area contributed by atoms with E-state index >= 15 is 0 Å².